The van der Waals surface area contributed by atoms with Crippen LogP contribution in [0.15, 0.2) is 48.5 Å². The number of hydrogen-bond donors (Lipinski definition) is 0. The number of ether oxygens (including phenoxy) is 2. The molecule has 0 aromatic heterocycles. The fraction of sp³-hybridized carbons (Fsp3) is 0.333. The first-order valence-corrected chi connectivity index (χ1v) is 8.18. The van der Waals surface area contributed by atoms with Crippen molar-refractivity contribution >= 4 is 10.5 Å². The molecular formula is C18H18F3O3Si. The molecule has 0 amide bonds. The Balaban J connectivity index is 2.36. The number of alkyl halides is 3. The summed E-state index contributed by atoms with van der Waals surface area (Å²) in [6, 6.07) is 12.0. The lowest BCUT2D eigenvalue weighted by Crippen LogP contribution is -2.35. The minimum absolute atomic E-state index is 0.347. The normalized spacial score (nSPS) is 12.4. The van der Waals surface area contributed by atoms with Crippen LogP contribution in [0.5, 0.6) is 0 Å². The topological polar surface area (TPSA) is 27.7 Å². The van der Waals surface area contributed by atoms with E-state index < -0.39 is 17.7 Å². The van der Waals surface area contributed by atoms with Crippen molar-refractivity contribution in [1.82, 2.24) is 0 Å². The van der Waals surface area contributed by atoms with Crippen LogP contribution in [0.1, 0.15) is 25.0 Å². The Hall–Kier alpha value is -1.67. The summed E-state index contributed by atoms with van der Waals surface area (Å²) in [5.41, 5.74) is 1.02. The van der Waals surface area contributed by atoms with Crippen LogP contribution in [0.2, 0.25) is 0 Å². The van der Waals surface area contributed by atoms with Crippen molar-refractivity contribution in [3.8, 4) is 11.1 Å². The second kappa shape index (κ2) is 8.14. The number of halogens is 3. The lowest BCUT2D eigenvalue weighted by Gasteiger charge is -2.31. The first-order valence-electron chi connectivity index (χ1n) is 7.77. The van der Waals surface area contributed by atoms with Gasteiger partial charge in [-0.15, -0.1) is 0 Å². The lowest BCUT2D eigenvalue weighted by atomic mass is 10.0. The summed E-state index contributed by atoms with van der Waals surface area (Å²) < 4.78 is 55.0. The van der Waals surface area contributed by atoms with Crippen LogP contribution in [-0.4, -0.2) is 23.7 Å². The minimum atomic E-state index is -4.38. The van der Waals surface area contributed by atoms with E-state index in [1.54, 1.807) is 44.2 Å². The fourth-order valence-corrected chi connectivity index (χ4v) is 2.68. The van der Waals surface area contributed by atoms with Gasteiger partial charge in [-0.25, -0.2) is 0 Å². The highest BCUT2D eigenvalue weighted by atomic mass is 28.2. The van der Waals surface area contributed by atoms with Gasteiger partial charge in [0.15, 0.2) is 0 Å². The van der Waals surface area contributed by atoms with E-state index in [4.69, 9.17) is 13.9 Å². The standard InChI is InChI=1S/C18H18F3O3Si/c1-3-22-18(24-25,23-4-2)15-10-8-13(9-11-15)14-6-5-7-16(12-14)17(19,20)21/h5-12H,3-4H2,1-2H3. The zero-order valence-electron chi connectivity index (χ0n) is 13.9. The maximum Gasteiger partial charge on any atom is 0.416 e. The van der Waals surface area contributed by atoms with Gasteiger partial charge in [-0.05, 0) is 37.1 Å². The van der Waals surface area contributed by atoms with E-state index >= 15 is 0 Å². The average molecular weight is 367 g/mol. The van der Waals surface area contributed by atoms with Crippen LogP contribution in [0.4, 0.5) is 13.2 Å². The summed E-state index contributed by atoms with van der Waals surface area (Å²) in [6.07, 6.45) is -4.38. The second-order valence-electron chi connectivity index (χ2n) is 5.18. The van der Waals surface area contributed by atoms with Gasteiger partial charge in [0.25, 0.3) is 10.5 Å². The second-order valence-corrected chi connectivity index (χ2v) is 5.38. The molecule has 2 rings (SSSR count). The zero-order valence-corrected chi connectivity index (χ0v) is 14.9. The first kappa shape index (κ1) is 19.6. The van der Waals surface area contributed by atoms with Crippen LogP contribution < -0.4 is 0 Å². The zero-order chi connectivity index (χ0) is 18.5. The quantitative estimate of drug-likeness (QED) is 0.526. The summed E-state index contributed by atoms with van der Waals surface area (Å²) in [7, 11) is 2.99. The number of benzene rings is 2. The first-order chi connectivity index (χ1) is 11.9. The van der Waals surface area contributed by atoms with E-state index in [2.05, 4.69) is 10.5 Å². The van der Waals surface area contributed by atoms with Gasteiger partial charge in [-0.3, -0.25) is 0 Å². The van der Waals surface area contributed by atoms with Crippen molar-refractivity contribution in [2.45, 2.75) is 26.0 Å². The molecule has 25 heavy (non-hydrogen) atoms. The molecule has 0 saturated heterocycles. The number of rotatable bonds is 7. The molecule has 133 valence electrons. The van der Waals surface area contributed by atoms with E-state index in [0.29, 0.717) is 29.9 Å². The van der Waals surface area contributed by atoms with E-state index in [-0.39, 0.29) is 0 Å². The van der Waals surface area contributed by atoms with Crippen LogP contribution >= 0.6 is 0 Å². The molecule has 0 aliphatic rings. The van der Waals surface area contributed by atoms with Gasteiger partial charge in [0, 0.05) is 18.8 Å². The number of hydrogen-bond acceptors (Lipinski definition) is 3. The van der Waals surface area contributed by atoms with Crippen LogP contribution in [0.3, 0.4) is 0 Å². The Labute approximate surface area is 148 Å². The van der Waals surface area contributed by atoms with E-state index in [0.717, 1.165) is 12.1 Å². The van der Waals surface area contributed by atoms with Crippen molar-refractivity contribution in [2.75, 3.05) is 13.2 Å². The third kappa shape index (κ3) is 4.49. The van der Waals surface area contributed by atoms with Gasteiger partial charge >= 0.3 is 12.1 Å². The van der Waals surface area contributed by atoms with E-state index in [1.807, 2.05) is 0 Å². The van der Waals surface area contributed by atoms with Crippen molar-refractivity contribution in [1.29, 1.82) is 0 Å². The monoisotopic (exact) mass is 367 g/mol. The molecule has 0 spiro atoms. The summed E-state index contributed by atoms with van der Waals surface area (Å²) in [5, 5.41) is 0. The molecule has 0 unspecified atom stereocenters. The maximum atomic E-state index is 12.9. The SMILES string of the molecule is CCOC(O[Si])(OCC)c1ccc(-c2cccc(C(F)(F)F)c2)cc1. The van der Waals surface area contributed by atoms with Gasteiger partial charge in [-0.2, -0.15) is 13.2 Å². The van der Waals surface area contributed by atoms with Gasteiger partial charge in [0.1, 0.15) is 0 Å². The van der Waals surface area contributed by atoms with Gasteiger partial charge in [0.05, 0.1) is 5.56 Å². The Kier molecular flexibility index (Phi) is 6.40. The highest BCUT2D eigenvalue weighted by molar-refractivity contribution is 5.98. The predicted molar refractivity (Wildman–Crippen MR) is 88.6 cm³/mol. The molecule has 0 bridgehead atoms. The maximum absolute atomic E-state index is 12.9. The summed E-state index contributed by atoms with van der Waals surface area (Å²) in [5.74, 6) is -1.41. The van der Waals surface area contributed by atoms with E-state index in [1.165, 1.54) is 6.07 Å². The molecule has 7 heteroatoms. The van der Waals surface area contributed by atoms with Crippen LogP contribution in [0, 0.1) is 0 Å². The Morgan fingerprint density at radius 3 is 1.92 bits per heavy atom. The predicted octanol–water partition coefficient (Wildman–Crippen LogP) is 4.66. The smallest absolute Gasteiger partial charge is 0.367 e. The van der Waals surface area contributed by atoms with Crippen LogP contribution in [-0.2, 0) is 26.0 Å². The summed E-state index contributed by atoms with van der Waals surface area (Å²) in [4.78, 5) is 0. The molecule has 0 heterocycles. The average Bonchev–Trinajstić information content (AvgIpc) is 2.61. The molecule has 3 nitrogen and oxygen atoms in total. The third-order valence-corrected chi connectivity index (χ3v) is 3.83. The largest absolute Gasteiger partial charge is 0.416 e. The molecule has 0 fully saturated rings. The molecule has 0 atom stereocenters. The Morgan fingerprint density at radius 2 is 1.44 bits per heavy atom. The van der Waals surface area contributed by atoms with Crippen molar-refractivity contribution < 1.29 is 27.1 Å². The fourth-order valence-electron chi connectivity index (χ4n) is 2.45. The molecule has 0 aliphatic heterocycles. The molecule has 0 saturated carbocycles. The Morgan fingerprint density at radius 1 is 0.840 bits per heavy atom. The molecule has 0 N–H and O–H groups in total. The molecule has 3 radical (unpaired) electrons. The lowest BCUT2D eigenvalue weighted by molar-refractivity contribution is -0.352. The highest BCUT2D eigenvalue weighted by Crippen LogP contribution is 2.33. The molecule has 2 aromatic rings. The van der Waals surface area contributed by atoms with Crippen molar-refractivity contribution in [2.24, 2.45) is 0 Å². The molecular weight excluding hydrogens is 349 g/mol. The van der Waals surface area contributed by atoms with Crippen molar-refractivity contribution in [3.05, 3.63) is 59.7 Å². The Bertz CT molecular complexity index is 681. The summed E-state index contributed by atoms with van der Waals surface area (Å²) in [6.45, 7) is 4.30. The minimum Gasteiger partial charge on any atom is -0.367 e. The van der Waals surface area contributed by atoms with Crippen molar-refractivity contribution in [3.63, 3.8) is 0 Å². The van der Waals surface area contributed by atoms with Gasteiger partial charge in [-0.1, -0.05) is 36.4 Å². The third-order valence-electron chi connectivity index (χ3n) is 3.56. The highest BCUT2D eigenvalue weighted by Gasteiger charge is 2.34. The van der Waals surface area contributed by atoms with Gasteiger partial charge in [0.2, 0.25) is 0 Å². The van der Waals surface area contributed by atoms with Crippen LogP contribution in [0.25, 0.3) is 11.1 Å². The van der Waals surface area contributed by atoms with Gasteiger partial charge < -0.3 is 13.9 Å². The summed E-state index contributed by atoms with van der Waals surface area (Å²) >= 11 is 0. The molecule has 2 aromatic carbocycles. The van der Waals surface area contributed by atoms with E-state index in [9.17, 15) is 13.2 Å². The molecule has 0 aliphatic carbocycles.